The fraction of sp³-hybridized carbons (Fsp3) is 0.250. The number of thiophene rings is 2. The SMILES string of the molecule is CCc1ccsc1C(=O)c1cc(Br)c(C)s1. The molecule has 0 spiro atoms. The Kier molecular flexibility index (Phi) is 3.62. The molecule has 0 aromatic carbocycles. The first kappa shape index (κ1) is 12.0. The molecule has 0 amide bonds. The predicted molar refractivity (Wildman–Crippen MR) is 73.9 cm³/mol. The lowest BCUT2D eigenvalue weighted by Gasteiger charge is -1.97. The van der Waals surface area contributed by atoms with E-state index in [-0.39, 0.29) is 5.78 Å². The zero-order valence-electron chi connectivity index (χ0n) is 9.04. The van der Waals surface area contributed by atoms with E-state index >= 15 is 0 Å². The molecule has 0 radical (unpaired) electrons. The average Bonchev–Trinajstić information content (AvgIpc) is 2.85. The molecule has 1 nitrogen and oxygen atoms in total. The van der Waals surface area contributed by atoms with Crippen LogP contribution >= 0.6 is 38.6 Å². The topological polar surface area (TPSA) is 17.1 Å². The van der Waals surface area contributed by atoms with Crippen LogP contribution < -0.4 is 0 Å². The molecule has 2 heterocycles. The predicted octanol–water partition coefficient (Wildman–Crippen LogP) is 4.67. The lowest BCUT2D eigenvalue weighted by atomic mass is 10.1. The molecular weight excluding hydrogens is 304 g/mol. The Bertz CT molecular complexity index is 505. The molecule has 0 aliphatic heterocycles. The molecule has 16 heavy (non-hydrogen) atoms. The van der Waals surface area contributed by atoms with Crippen LogP contribution in [0.3, 0.4) is 0 Å². The maximum absolute atomic E-state index is 12.3. The molecule has 2 rings (SSSR count). The highest BCUT2D eigenvalue weighted by atomic mass is 79.9. The van der Waals surface area contributed by atoms with Crippen LogP contribution in [0.4, 0.5) is 0 Å². The normalized spacial score (nSPS) is 10.7. The third-order valence-electron chi connectivity index (χ3n) is 2.41. The minimum Gasteiger partial charge on any atom is -0.287 e. The highest BCUT2D eigenvalue weighted by Crippen LogP contribution is 2.30. The smallest absolute Gasteiger partial charge is 0.213 e. The van der Waals surface area contributed by atoms with Crippen LogP contribution in [0.2, 0.25) is 0 Å². The summed E-state index contributed by atoms with van der Waals surface area (Å²) >= 11 is 6.53. The van der Waals surface area contributed by atoms with Gasteiger partial charge in [0.2, 0.25) is 5.78 Å². The van der Waals surface area contributed by atoms with Gasteiger partial charge in [-0.25, -0.2) is 0 Å². The summed E-state index contributed by atoms with van der Waals surface area (Å²) in [6.07, 6.45) is 0.913. The van der Waals surface area contributed by atoms with Crippen molar-refractivity contribution in [2.45, 2.75) is 20.3 Å². The van der Waals surface area contributed by atoms with Crippen LogP contribution in [-0.4, -0.2) is 5.78 Å². The van der Waals surface area contributed by atoms with E-state index in [1.165, 1.54) is 11.3 Å². The largest absolute Gasteiger partial charge is 0.287 e. The molecule has 0 bridgehead atoms. The summed E-state index contributed by atoms with van der Waals surface area (Å²) < 4.78 is 1.02. The lowest BCUT2D eigenvalue weighted by Crippen LogP contribution is -1.98. The Morgan fingerprint density at radius 1 is 1.50 bits per heavy atom. The van der Waals surface area contributed by atoms with Crippen LogP contribution in [0.1, 0.15) is 31.9 Å². The summed E-state index contributed by atoms with van der Waals surface area (Å²) in [7, 11) is 0. The van der Waals surface area contributed by atoms with Gasteiger partial charge in [0, 0.05) is 9.35 Å². The van der Waals surface area contributed by atoms with Crippen molar-refractivity contribution in [2.75, 3.05) is 0 Å². The second kappa shape index (κ2) is 4.82. The van der Waals surface area contributed by atoms with E-state index in [9.17, 15) is 4.79 Å². The third-order valence-corrected chi connectivity index (χ3v) is 5.51. The third kappa shape index (κ3) is 2.14. The minimum atomic E-state index is 0.158. The van der Waals surface area contributed by atoms with Gasteiger partial charge >= 0.3 is 0 Å². The van der Waals surface area contributed by atoms with Crippen molar-refractivity contribution < 1.29 is 4.79 Å². The van der Waals surface area contributed by atoms with Crippen LogP contribution in [0, 0.1) is 6.92 Å². The molecule has 0 aliphatic rings. The Hall–Kier alpha value is -0.450. The molecule has 0 aliphatic carbocycles. The van der Waals surface area contributed by atoms with Gasteiger partial charge in [-0.15, -0.1) is 22.7 Å². The standard InChI is InChI=1S/C12H11BrOS2/c1-3-8-4-5-15-12(8)11(14)10-6-9(13)7(2)16-10/h4-6H,3H2,1-2H3. The highest BCUT2D eigenvalue weighted by Gasteiger charge is 2.17. The second-order valence-electron chi connectivity index (χ2n) is 3.47. The quantitative estimate of drug-likeness (QED) is 0.752. The zero-order valence-corrected chi connectivity index (χ0v) is 12.3. The summed E-state index contributed by atoms with van der Waals surface area (Å²) in [6.45, 7) is 4.09. The summed E-state index contributed by atoms with van der Waals surface area (Å²) in [5, 5.41) is 1.99. The van der Waals surface area contributed by atoms with E-state index in [1.807, 2.05) is 24.4 Å². The first-order valence-electron chi connectivity index (χ1n) is 5.00. The number of carbonyl (C=O) groups excluding carboxylic acids is 1. The molecule has 2 aromatic rings. The van der Waals surface area contributed by atoms with Gasteiger partial charge in [0.25, 0.3) is 0 Å². The molecule has 0 atom stereocenters. The molecule has 4 heteroatoms. The van der Waals surface area contributed by atoms with E-state index in [2.05, 4.69) is 22.9 Å². The van der Waals surface area contributed by atoms with E-state index in [0.717, 1.165) is 31.1 Å². The number of aryl methyl sites for hydroxylation is 2. The molecule has 0 N–H and O–H groups in total. The lowest BCUT2D eigenvalue weighted by molar-refractivity contribution is 0.104. The number of carbonyl (C=O) groups is 1. The Morgan fingerprint density at radius 3 is 2.81 bits per heavy atom. The van der Waals surface area contributed by atoms with Crippen molar-refractivity contribution in [3.63, 3.8) is 0 Å². The summed E-state index contributed by atoms with van der Waals surface area (Å²) in [4.78, 5) is 15.1. The van der Waals surface area contributed by atoms with Crippen LogP contribution in [-0.2, 0) is 6.42 Å². The van der Waals surface area contributed by atoms with Crippen molar-refractivity contribution in [2.24, 2.45) is 0 Å². The number of hydrogen-bond donors (Lipinski definition) is 0. The number of halogens is 1. The minimum absolute atomic E-state index is 0.158. The second-order valence-corrected chi connectivity index (χ2v) is 6.50. The Labute approximate surface area is 111 Å². The van der Waals surface area contributed by atoms with Gasteiger partial charge in [-0.3, -0.25) is 4.79 Å². The van der Waals surface area contributed by atoms with Crippen molar-refractivity contribution in [1.82, 2.24) is 0 Å². The van der Waals surface area contributed by atoms with Crippen LogP contribution in [0.25, 0.3) is 0 Å². The summed E-state index contributed by atoms with van der Waals surface area (Å²) in [5.74, 6) is 0.158. The van der Waals surface area contributed by atoms with E-state index < -0.39 is 0 Å². The summed E-state index contributed by atoms with van der Waals surface area (Å²) in [6, 6.07) is 3.95. The Balaban J connectivity index is 2.39. The number of ketones is 1. The van der Waals surface area contributed by atoms with E-state index in [4.69, 9.17) is 0 Å². The molecular formula is C12H11BrOS2. The van der Waals surface area contributed by atoms with Gasteiger partial charge in [0.05, 0.1) is 9.75 Å². The first-order chi connectivity index (χ1) is 7.63. The molecule has 84 valence electrons. The van der Waals surface area contributed by atoms with Crippen molar-refractivity contribution >= 4 is 44.4 Å². The van der Waals surface area contributed by atoms with Gasteiger partial charge in [-0.05, 0) is 52.4 Å². The maximum atomic E-state index is 12.3. The van der Waals surface area contributed by atoms with Gasteiger partial charge in [0.15, 0.2) is 0 Å². The number of rotatable bonds is 3. The zero-order chi connectivity index (χ0) is 11.7. The highest BCUT2D eigenvalue weighted by molar-refractivity contribution is 9.10. The van der Waals surface area contributed by atoms with E-state index in [0.29, 0.717) is 0 Å². The van der Waals surface area contributed by atoms with Crippen molar-refractivity contribution in [1.29, 1.82) is 0 Å². The van der Waals surface area contributed by atoms with Gasteiger partial charge < -0.3 is 0 Å². The maximum Gasteiger partial charge on any atom is 0.213 e. The van der Waals surface area contributed by atoms with Gasteiger partial charge in [0.1, 0.15) is 0 Å². The summed E-state index contributed by atoms with van der Waals surface area (Å²) in [5.41, 5.74) is 1.15. The molecule has 0 saturated carbocycles. The van der Waals surface area contributed by atoms with Crippen LogP contribution in [0.5, 0.6) is 0 Å². The molecule has 0 unspecified atom stereocenters. The average molecular weight is 315 g/mol. The fourth-order valence-corrected chi connectivity index (χ4v) is 3.99. The molecule has 0 saturated heterocycles. The van der Waals surface area contributed by atoms with Gasteiger partial charge in [-0.1, -0.05) is 6.92 Å². The molecule has 2 aromatic heterocycles. The van der Waals surface area contributed by atoms with Gasteiger partial charge in [-0.2, -0.15) is 0 Å². The Morgan fingerprint density at radius 2 is 2.25 bits per heavy atom. The van der Waals surface area contributed by atoms with Crippen LogP contribution in [0.15, 0.2) is 22.0 Å². The monoisotopic (exact) mass is 314 g/mol. The van der Waals surface area contributed by atoms with E-state index in [1.54, 1.807) is 11.3 Å². The van der Waals surface area contributed by atoms with Crippen molar-refractivity contribution in [3.05, 3.63) is 42.2 Å². The first-order valence-corrected chi connectivity index (χ1v) is 7.49. The van der Waals surface area contributed by atoms with Crippen molar-refractivity contribution in [3.8, 4) is 0 Å². The number of hydrogen-bond acceptors (Lipinski definition) is 3. The molecule has 0 fully saturated rings. The fourth-order valence-electron chi connectivity index (χ4n) is 1.50.